The molecule has 0 aromatic heterocycles. The monoisotopic (exact) mass is 234 g/mol. The van der Waals surface area contributed by atoms with E-state index in [9.17, 15) is 9.18 Å². The van der Waals surface area contributed by atoms with Crippen molar-refractivity contribution in [1.29, 1.82) is 5.26 Å². The Balaban J connectivity index is 2.95. The van der Waals surface area contributed by atoms with Gasteiger partial charge in [-0.1, -0.05) is 6.92 Å². The van der Waals surface area contributed by atoms with Gasteiger partial charge in [0.25, 0.3) is 5.91 Å². The molecule has 1 aromatic rings. The smallest absolute Gasteiger partial charge is 0.252 e. The van der Waals surface area contributed by atoms with Gasteiger partial charge in [-0.05, 0) is 44.0 Å². The standard InChI is InChI=1S/C13H15FN2O/c1-4-13(3,8-15)16-12(17)11-6-5-10(14)7-9(11)2/h5-7H,4H2,1-3H3,(H,16,17). The number of benzene rings is 1. The maximum atomic E-state index is 12.9. The normalized spacial score (nSPS) is 13.6. The van der Waals surface area contributed by atoms with Crippen LogP contribution in [0.1, 0.15) is 36.2 Å². The van der Waals surface area contributed by atoms with Crippen molar-refractivity contribution in [3.8, 4) is 6.07 Å². The van der Waals surface area contributed by atoms with Gasteiger partial charge < -0.3 is 5.32 Å². The molecule has 1 N–H and O–H groups in total. The second-order valence-corrected chi connectivity index (χ2v) is 4.21. The van der Waals surface area contributed by atoms with Crippen LogP contribution in [0.2, 0.25) is 0 Å². The topological polar surface area (TPSA) is 52.9 Å². The Morgan fingerprint density at radius 1 is 1.59 bits per heavy atom. The Kier molecular flexibility index (Phi) is 3.84. The van der Waals surface area contributed by atoms with E-state index in [0.717, 1.165) is 0 Å². The second kappa shape index (κ2) is 4.96. The first-order chi connectivity index (χ1) is 7.91. The lowest BCUT2D eigenvalue weighted by Gasteiger charge is -2.21. The number of nitrogens with one attached hydrogen (secondary N) is 1. The van der Waals surface area contributed by atoms with Crippen molar-refractivity contribution in [3.05, 3.63) is 35.1 Å². The van der Waals surface area contributed by atoms with Crippen LogP contribution in [0.15, 0.2) is 18.2 Å². The van der Waals surface area contributed by atoms with Crippen molar-refractivity contribution in [2.24, 2.45) is 0 Å². The summed E-state index contributed by atoms with van der Waals surface area (Å²) in [5, 5.41) is 11.6. The van der Waals surface area contributed by atoms with Gasteiger partial charge in [-0.25, -0.2) is 4.39 Å². The number of hydrogen-bond donors (Lipinski definition) is 1. The van der Waals surface area contributed by atoms with Gasteiger partial charge in [0.05, 0.1) is 6.07 Å². The molecule has 0 saturated carbocycles. The van der Waals surface area contributed by atoms with Crippen LogP contribution in [-0.4, -0.2) is 11.4 Å². The minimum absolute atomic E-state index is 0.353. The van der Waals surface area contributed by atoms with Crippen molar-refractivity contribution in [2.45, 2.75) is 32.7 Å². The third-order valence-electron chi connectivity index (χ3n) is 2.78. The minimum atomic E-state index is -0.891. The van der Waals surface area contributed by atoms with Gasteiger partial charge in [0.2, 0.25) is 0 Å². The van der Waals surface area contributed by atoms with Crippen LogP contribution in [0.25, 0.3) is 0 Å². The molecule has 0 radical (unpaired) electrons. The molecular formula is C13H15FN2O. The largest absolute Gasteiger partial charge is 0.334 e. The van der Waals surface area contributed by atoms with Gasteiger partial charge in [0.1, 0.15) is 11.4 Å². The fourth-order valence-corrected chi connectivity index (χ4v) is 1.40. The van der Waals surface area contributed by atoms with Crippen LogP contribution in [0.4, 0.5) is 4.39 Å². The third kappa shape index (κ3) is 3.04. The molecule has 0 aliphatic carbocycles. The summed E-state index contributed by atoms with van der Waals surface area (Å²) >= 11 is 0. The Labute approximate surface area is 100 Å². The maximum absolute atomic E-state index is 12.9. The zero-order chi connectivity index (χ0) is 13.1. The molecule has 0 bridgehead atoms. The van der Waals surface area contributed by atoms with E-state index in [4.69, 9.17) is 5.26 Å². The Morgan fingerprint density at radius 3 is 2.71 bits per heavy atom. The highest BCUT2D eigenvalue weighted by Crippen LogP contribution is 2.13. The van der Waals surface area contributed by atoms with Crippen molar-refractivity contribution in [1.82, 2.24) is 5.32 Å². The molecule has 17 heavy (non-hydrogen) atoms. The summed E-state index contributed by atoms with van der Waals surface area (Å²) in [6.07, 6.45) is 0.509. The molecular weight excluding hydrogens is 219 g/mol. The number of aryl methyl sites for hydroxylation is 1. The highest BCUT2D eigenvalue weighted by molar-refractivity contribution is 5.96. The fraction of sp³-hybridized carbons (Fsp3) is 0.385. The molecule has 90 valence electrons. The molecule has 0 heterocycles. The highest BCUT2D eigenvalue weighted by atomic mass is 19.1. The van der Waals surface area contributed by atoms with Crippen molar-refractivity contribution < 1.29 is 9.18 Å². The number of halogens is 1. The van der Waals surface area contributed by atoms with Gasteiger partial charge in [-0.2, -0.15) is 5.26 Å². The Hall–Kier alpha value is -1.89. The van der Waals surface area contributed by atoms with Crippen molar-refractivity contribution >= 4 is 5.91 Å². The van der Waals surface area contributed by atoms with Crippen LogP contribution in [0.3, 0.4) is 0 Å². The molecule has 1 aromatic carbocycles. The summed E-state index contributed by atoms with van der Waals surface area (Å²) in [4.78, 5) is 11.9. The van der Waals surface area contributed by atoms with Gasteiger partial charge in [-0.3, -0.25) is 4.79 Å². The fourth-order valence-electron chi connectivity index (χ4n) is 1.40. The predicted octanol–water partition coefficient (Wildman–Crippen LogP) is 2.56. The molecule has 0 aliphatic rings. The average molecular weight is 234 g/mol. The van der Waals surface area contributed by atoms with E-state index < -0.39 is 5.54 Å². The van der Waals surface area contributed by atoms with Crippen LogP contribution in [0.5, 0.6) is 0 Å². The lowest BCUT2D eigenvalue weighted by atomic mass is 9.99. The lowest BCUT2D eigenvalue weighted by Crippen LogP contribution is -2.44. The molecule has 1 unspecified atom stereocenters. The molecule has 0 saturated heterocycles. The molecule has 1 rings (SSSR count). The Morgan fingerprint density at radius 2 is 2.24 bits per heavy atom. The summed E-state index contributed by atoms with van der Waals surface area (Å²) in [7, 11) is 0. The van der Waals surface area contributed by atoms with E-state index in [2.05, 4.69) is 11.4 Å². The van der Waals surface area contributed by atoms with Gasteiger partial charge in [0, 0.05) is 5.56 Å². The van der Waals surface area contributed by atoms with Crippen LogP contribution in [0, 0.1) is 24.1 Å². The molecule has 1 amide bonds. The summed E-state index contributed by atoms with van der Waals surface area (Å²) in [6, 6.07) is 6.01. The quantitative estimate of drug-likeness (QED) is 0.873. The number of hydrogen-bond acceptors (Lipinski definition) is 2. The highest BCUT2D eigenvalue weighted by Gasteiger charge is 2.24. The van der Waals surface area contributed by atoms with Crippen LogP contribution < -0.4 is 5.32 Å². The van der Waals surface area contributed by atoms with E-state index in [0.29, 0.717) is 17.5 Å². The van der Waals surface area contributed by atoms with E-state index in [1.54, 1.807) is 13.8 Å². The van der Waals surface area contributed by atoms with Crippen molar-refractivity contribution in [3.63, 3.8) is 0 Å². The zero-order valence-electron chi connectivity index (χ0n) is 10.2. The van der Waals surface area contributed by atoms with Crippen LogP contribution >= 0.6 is 0 Å². The van der Waals surface area contributed by atoms with Gasteiger partial charge in [-0.15, -0.1) is 0 Å². The zero-order valence-corrected chi connectivity index (χ0v) is 10.2. The van der Waals surface area contributed by atoms with E-state index in [-0.39, 0.29) is 11.7 Å². The average Bonchev–Trinajstić information content (AvgIpc) is 2.28. The molecule has 0 fully saturated rings. The number of nitrogens with zero attached hydrogens (tertiary/aromatic N) is 1. The molecule has 3 nitrogen and oxygen atoms in total. The summed E-state index contributed by atoms with van der Waals surface area (Å²) in [6.45, 7) is 5.14. The summed E-state index contributed by atoms with van der Waals surface area (Å²) in [5.41, 5.74) is 0.0537. The summed E-state index contributed by atoms with van der Waals surface area (Å²) < 4.78 is 12.9. The van der Waals surface area contributed by atoms with Gasteiger partial charge in [0.15, 0.2) is 0 Å². The number of carbonyl (C=O) groups is 1. The second-order valence-electron chi connectivity index (χ2n) is 4.21. The first-order valence-electron chi connectivity index (χ1n) is 5.42. The Bertz CT molecular complexity index is 479. The molecule has 0 aliphatic heterocycles. The van der Waals surface area contributed by atoms with E-state index in [1.165, 1.54) is 18.2 Å². The molecule has 4 heteroatoms. The maximum Gasteiger partial charge on any atom is 0.252 e. The van der Waals surface area contributed by atoms with Crippen molar-refractivity contribution in [2.75, 3.05) is 0 Å². The molecule has 1 atom stereocenters. The van der Waals surface area contributed by atoms with Crippen LogP contribution in [-0.2, 0) is 0 Å². The predicted molar refractivity (Wildman–Crippen MR) is 62.9 cm³/mol. The lowest BCUT2D eigenvalue weighted by molar-refractivity contribution is 0.0922. The number of carbonyl (C=O) groups excluding carboxylic acids is 1. The number of nitriles is 1. The van der Waals surface area contributed by atoms with Gasteiger partial charge >= 0.3 is 0 Å². The summed E-state index contributed by atoms with van der Waals surface area (Å²) in [5.74, 6) is -0.731. The first-order valence-corrected chi connectivity index (χ1v) is 5.42. The van der Waals surface area contributed by atoms with E-state index >= 15 is 0 Å². The van der Waals surface area contributed by atoms with E-state index in [1.807, 2.05) is 6.92 Å². The minimum Gasteiger partial charge on any atom is -0.334 e. The number of rotatable bonds is 3. The first kappa shape index (κ1) is 13.2. The number of amides is 1. The molecule has 0 spiro atoms. The SMILES string of the molecule is CCC(C)(C#N)NC(=O)c1ccc(F)cc1C. The third-order valence-corrected chi connectivity index (χ3v) is 2.78.